The van der Waals surface area contributed by atoms with Crippen LogP contribution in [0.2, 0.25) is 5.02 Å². The first-order chi connectivity index (χ1) is 15.0. The number of likely N-dealkylation sites (tertiary alicyclic amines) is 1. The number of benzene rings is 2. The lowest BCUT2D eigenvalue weighted by Crippen LogP contribution is -2.53. The van der Waals surface area contributed by atoms with Crippen molar-refractivity contribution in [2.45, 2.75) is 18.0 Å². The average molecular weight is 440 g/mol. The van der Waals surface area contributed by atoms with E-state index in [1.807, 2.05) is 30.3 Å². The molecule has 2 saturated heterocycles. The van der Waals surface area contributed by atoms with Crippen molar-refractivity contribution in [2.24, 2.45) is 11.8 Å². The summed E-state index contributed by atoms with van der Waals surface area (Å²) in [5, 5.41) is 6.67. The summed E-state index contributed by atoms with van der Waals surface area (Å²) in [6.07, 6.45) is 0.518. The summed E-state index contributed by atoms with van der Waals surface area (Å²) in [5.41, 5.74) is 0.802. The molecule has 0 radical (unpaired) electrons. The monoisotopic (exact) mass is 439 g/mol. The van der Waals surface area contributed by atoms with Gasteiger partial charge in [-0.2, -0.15) is 0 Å². The quantitative estimate of drug-likeness (QED) is 0.695. The van der Waals surface area contributed by atoms with Crippen molar-refractivity contribution >= 4 is 35.0 Å². The maximum absolute atomic E-state index is 13.5. The summed E-state index contributed by atoms with van der Waals surface area (Å²) in [5.74, 6) is -2.46. The average Bonchev–Trinajstić information content (AvgIpc) is 3.34. The summed E-state index contributed by atoms with van der Waals surface area (Å²) in [7, 11) is 1.52. The van der Waals surface area contributed by atoms with Gasteiger partial charge in [-0.15, -0.1) is 0 Å². The number of imide groups is 1. The fraction of sp³-hybridized carbons (Fsp3) is 0.348. The summed E-state index contributed by atoms with van der Waals surface area (Å²) in [6, 6.07) is 14.6. The highest BCUT2D eigenvalue weighted by atomic mass is 35.5. The number of amides is 3. The fourth-order valence-electron chi connectivity index (χ4n) is 5.30. The molecule has 2 aromatic carbocycles. The molecule has 7 nitrogen and oxygen atoms in total. The van der Waals surface area contributed by atoms with Crippen LogP contribution in [0.25, 0.3) is 0 Å². The van der Waals surface area contributed by atoms with Gasteiger partial charge in [0.05, 0.1) is 35.7 Å². The maximum Gasteiger partial charge on any atom is 0.250 e. The Bertz CT molecular complexity index is 1080. The van der Waals surface area contributed by atoms with E-state index in [-0.39, 0.29) is 36.9 Å². The number of carbonyl (C=O) groups is 3. The summed E-state index contributed by atoms with van der Waals surface area (Å²) >= 11 is 6.35. The molecule has 4 atom stereocenters. The molecule has 5 rings (SSSR count). The molecule has 3 amide bonds. The van der Waals surface area contributed by atoms with E-state index in [0.717, 1.165) is 5.56 Å². The van der Waals surface area contributed by atoms with E-state index in [1.54, 1.807) is 18.2 Å². The van der Waals surface area contributed by atoms with Gasteiger partial charge in [-0.25, -0.2) is 0 Å². The number of rotatable bonds is 5. The molecule has 2 N–H and O–H groups in total. The van der Waals surface area contributed by atoms with Crippen molar-refractivity contribution in [2.75, 3.05) is 25.6 Å². The minimum atomic E-state index is -1.33. The first-order valence-corrected chi connectivity index (χ1v) is 10.6. The summed E-state index contributed by atoms with van der Waals surface area (Å²) < 4.78 is 5.10. The first kappa shape index (κ1) is 20.2. The topological polar surface area (TPSA) is 87.7 Å². The fourth-order valence-corrected chi connectivity index (χ4v) is 5.52. The molecule has 0 aromatic heterocycles. The number of nitrogens with one attached hydrogen (secondary N) is 2. The Hall–Kier alpha value is -2.74. The van der Waals surface area contributed by atoms with Crippen LogP contribution in [0.3, 0.4) is 0 Å². The van der Waals surface area contributed by atoms with Gasteiger partial charge in [0.25, 0.3) is 0 Å². The second-order valence-electron chi connectivity index (χ2n) is 8.19. The van der Waals surface area contributed by atoms with E-state index in [2.05, 4.69) is 10.6 Å². The van der Waals surface area contributed by atoms with Crippen LogP contribution >= 0.6 is 11.6 Å². The number of nitrogens with zero attached hydrogens (tertiary/aromatic N) is 1. The smallest absolute Gasteiger partial charge is 0.250 e. The Labute approximate surface area is 184 Å². The second kappa shape index (κ2) is 7.44. The van der Waals surface area contributed by atoms with Crippen molar-refractivity contribution in [3.63, 3.8) is 0 Å². The van der Waals surface area contributed by atoms with Crippen LogP contribution in [0.15, 0.2) is 48.5 Å². The van der Waals surface area contributed by atoms with Gasteiger partial charge in [0.1, 0.15) is 5.54 Å². The van der Waals surface area contributed by atoms with Gasteiger partial charge in [-0.3, -0.25) is 24.6 Å². The predicted octanol–water partition coefficient (Wildman–Crippen LogP) is 1.95. The molecule has 2 aromatic rings. The maximum atomic E-state index is 13.5. The van der Waals surface area contributed by atoms with Crippen LogP contribution < -0.4 is 10.6 Å². The lowest BCUT2D eigenvalue weighted by molar-refractivity contribution is -0.143. The highest BCUT2D eigenvalue weighted by Crippen LogP contribution is 2.54. The molecule has 0 saturated carbocycles. The van der Waals surface area contributed by atoms with Crippen molar-refractivity contribution < 1.29 is 19.1 Å². The predicted molar refractivity (Wildman–Crippen MR) is 114 cm³/mol. The molecule has 8 heteroatoms. The normalized spacial score (nSPS) is 28.9. The Kier molecular flexibility index (Phi) is 4.84. The Morgan fingerprint density at radius 3 is 2.58 bits per heavy atom. The number of carbonyl (C=O) groups excluding carboxylic acids is 3. The molecule has 3 heterocycles. The van der Waals surface area contributed by atoms with E-state index >= 15 is 0 Å². The van der Waals surface area contributed by atoms with E-state index in [4.69, 9.17) is 16.3 Å². The number of hydrogen-bond acceptors (Lipinski definition) is 5. The highest BCUT2D eigenvalue weighted by Gasteiger charge is 2.70. The van der Waals surface area contributed by atoms with E-state index in [1.165, 1.54) is 12.0 Å². The van der Waals surface area contributed by atoms with Gasteiger partial charge in [-0.1, -0.05) is 54.1 Å². The molecule has 31 heavy (non-hydrogen) atoms. The minimum Gasteiger partial charge on any atom is -0.383 e. The molecular formula is C23H22ClN3O4. The first-order valence-electron chi connectivity index (χ1n) is 10.2. The summed E-state index contributed by atoms with van der Waals surface area (Å²) in [4.78, 5) is 41.5. The Morgan fingerprint density at radius 1 is 1.06 bits per heavy atom. The lowest BCUT2D eigenvalue weighted by atomic mass is 9.76. The molecule has 0 unspecified atom stereocenters. The van der Waals surface area contributed by atoms with Crippen molar-refractivity contribution in [1.29, 1.82) is 0 Å². The number of hydrogen-bond donors (Lipinski definition) is 2. The molecule has 0 bridgehead atoms. The molecule has 2 fully saturated rings. The van der Waals surface area contributed by atoms with E-state index in [9.17, 15) is 14.4 Å². The van der Waals surface area contributed by atoms with Gasteiger partial charge in [0.2, 0.25) is 17.7 Å². The van der Waals surface area contributed by atoms with Gasteiger partial charge >= 0.3 is 0 Å². The third-order valence-corrected chi connectivity index (χ3v) is 6.92. The van der Waals surface area contributed by atoms with E-state index < -0.39 is 17.4 Å². The minimum absolute atomic E-state index is 0.166. The van der Waals surface area contributed by atoms with Gasteiger partial charge in [0, 0.05) is 18.7 Å². The number of halogens is 1. The van der Waals surface area contributed by atoms with Crippen LogP contribution in [-0.2, 0) is 31.1 Å². The van der Waals surface area contributed by atoms with Gasteiger partial charge in [-0.05, 0) is 18.1 Å². The zero-order valence-corrected chi connectivity index (χ0v) is 17.7. The molecule has 3 aliphatic heterocycles. The van der Waals surface area contributed by atoms with Crippen LogP contribution in [0, 0.1) is 11.8 Å². The van der Waals surface area contributed by atoms with Crippen LogP contribution in [0.4, 0.5) is 5.69 Å². The van der Waals surface area contributed by atoms with Crippen molar-refractivity contribution in [1.82, 2.24) is 10.2 Å². The number of fused-ring (bicyclic) bond motifs is 4. The molecule has 160 valence electrons. The zero-order chi connectivity index (χ0) is 21.8. The van der Waals surface area contributed by atoms with Crippen LogP contribution in [-0.4, -0.2) is 48.9 Å². The van der Waals surface area contributed by atoms with Crippen LogP contribution in [0.5, 0.6) is 0 Å². The van der Waals surface area contributed by atoms with Gasteiger partial charge < -0.3 is 10.1 Å². The highest BCUT2D eigenvalue weighted by molar-refractivity contribution is 6.35. The summed E-state index contributed by atoms with van der Waals surface area (Å²) in [6.45, 7) is 0.411. The molecular weight excluding hydrogens is 418 g/mol. The molecule has 1 spiro atoms. The standard InChI is InChI=1S/C23H22ClN3O4/c1-31-11-10-27-20(28)17-16(12-13-6-3-2-4-7-13)26-23(18(17)21(27)29)14-8-5-9-15(24)19(14)25-22(23)30/h2-9,16-18,26H,10-12H2,1H3,(H,25,30)/t16-,17-,18+,23+/m1/s1. The third kappa shape index (κ3) is 2.84. The van der Waals surface area contributed by atoms with Crippen LogP contribution in [0.1, 0.15) is 11.1 Å². The Balaban J connectivity index is 1.62. The largest absolute Gasteiger partial charge is 0.383 e. The lowest BCUT2D eigenvalue weighted by Gasteiger charge is -2.29. The van der Waals surface area contributed by atoms with E-state index in [0.29, 0.717) is 22.7 Å². The Morgan fingerprint density at radius 2 is 1.84 bits per heavy atom. The zero-order valence-electron chi connectivity index (χ0n) is 16.9. The van der Waals surface area contributed by atoms with Gasteiger partial charge in [0.15, 0.2) is 0 Å². The van der Waals surface area contributed by atoms with Crippen molar-refractivity contribution in [3.8, 4) is 0 Å². The molecule has 0 aliphatic carbocycles. The van der Waals surface area contributed by atoms with Crippen molar-refractivity contribution in [3.05, 3.63) is 64.7 Å². The SMILES string of the molecule is COCCN1C(=O)[C@H]2[C@@H](C1=O)[C@]1(N[C@@H]2Cc2ccccc2)C(=O)Nc2c(Cl)cccc21. The number of methoxy groups -OCH3 is 1. The number of ether oxygens (including phenoxy) is 1. The second-order valence-corrected chi connectivity index (χ2v) is 8.60. The number of anilines is 1. The molecule has 3 aliphatic rings. The third-order valence-electron chi connectivity index (χ3n) is 6.61. The number of para-hydroxylation sites is 1.